The third-order valence-corrected chi connectivity index (χ3v) is 4.76. The predicted molar refractivity (Wildman–Crippen MR) is 97.7 cm³/mol. The number of carbonyl (C=O) groups excluding carboxylic acids is 1. The molecule has 1 heterocycles. The SMILES string of the molecule is COc1ccccc1NC(=O)N1CCC([C@H](O)c2ccccc2)CC1. The lowest BCUT2D eigenvalue weighted by Gasteiger charge is -2.34. The minimum atomic E-state index is -0.472. The van der Waals surface area contributed by atoms with E-state index in [0.717, 1.165) is 18.4 Å². The fraction of sp³-hybridized carbons (Fsp3) is 0.350. The maximum absolute atomic E-state index is 12.5. The molecule has 5 nitrogen and oxygen atoms in total. The quantitative estimate of drug-likeness (QED) is 0.893. The Labute approximate surface area is 148 Å². The second-order valence-electron chi connectivity index (χ2n) is 6.31. The van der Waals surface area contributed by atoms with Crippen LogP contribution in [0.1, 0.15) is 24.5 Å². The summed E-state index contributed by atoms with van der Waals surface area (Å²) in [6.07, 6.45) is 1.10. The van der Waals surface area contributed by atoms with Crippen molar-refractivity contribution in [3.8, 4) is 5.75 Å². The van der Waals surface area contributed by atoms with Crippen LogP contribution in [0.3, 0.4) is 0 Å². The van der Waals surface area contributed by atoms with Crippen LogP contribution in [0.2, 0.25) is 0 Å². The van der Waals surface area contributed by atoms with Gasteiger partial charge in [0.05, 0.1) is 18.9 Å². The molecule has 2 N–H and O–H groups in total. The molecule has 1 saturated heterocycles. The molecule has 1 atom stereocenters. The minimum absolute atomic E-state index is 0.128. The predicted octanol–water partition coefficient (Wildman–Crippen LogP) is 3.67. The summed E-state index contributed by atoms with van der Waals surface area (Å²) in [6, 6.07) is 17.0. The lowest BCUT2D eigenvalue weighted by atomic mass is 9.87. The van der Waals surface area contributed by atoms with Crippen molar-refractivity contribution < 1.29 is 14.6 Å². The summed E-state index contributed by atoms with van der Waals surface area (Å²) in [4.78, 5) is 14.3. The maximum Gasteiger partial charge on any atom is 0.321 e. The van der Waals surface area contributed by atoms with E-state index in [4.69, 9.17) is 4.74 Å². The molecule has 0 spiro atoms. The number of hydrogen-bond donors (Lipinski definition) is 2. The number of piperidine rings is 1. The van der Waals surface area contributed by atoms with Crippen LogP contribution in [0.4, 0.5) is 10.5 Å². The van der Waals surface area contributed by atoms with E-state index >= 15 is 0 Å². The van der Waals surface area contributed by atoms with Crippen LogP contribution in [0, 0.1) is 5.92 Å². The third kappa shape index (κ3) is 4.12. The summed E-state index contributed by atoms with van der Waals surface area (Å²) in [5, 5.41) is 13.4. The van der Waals surface area contributed by atoms with Crippen molar-refractivity contribution in [3.05, 3.63) is 60.2 Å². The van der Waals surface area contributed by atoms with Gasteiger partial charge in [0.1, 0.15) is 5.75 Å². The third-order valence-electron chi connectivity index (χ3n) is 4.76. The number of amides is 2. The molecule has 1 aliphatic rings. The molecule has 1 aliphatic heterocycles. The number of nitrogens with one attached hydrogen (secondary N) is 1. The zero-order chi connectivity index (χ0) is 17.6. The number of aliphatic hydroxyl groups is 1. The molecule has 25 heavy (non-hydrogen) atoms. The zero-order valence-electron chi connectivity index (χ0n) is 14.4. The molecular formula is C20H24N2O3. The van der Waals surface area contributed by atoms with Crippen LogP contribution in [0.15, 0.2) is 54.6 Å². The van der Waals surface area contributed by atoms with Gasteiger partial charge in [-0.25, -0.2) is 4.79 Å². The van der Waals surface area contributed by atoms with E-state index in [-0.39, 0.29) is 11.9 Å². The summed E-state index contributed by atoms with van der Waals surface area (Å²) < 4.78 is 5.26. The Balaban J connectivity index is 1.56. The largest absolute Gasteiger partial charge is 0.495 e. The summed E-state index contributed by atoms with van der Waals surface area (Å²) in [6.45, 7) is 1.27. The first-order chi connectivity index (χ1) is 12.2. The molecule has 5 heteroatoms. The van der Waals surface area contributed by atoms with E-state index < -0.39 is 6.10 Å². The Morgan fingerprint density at radius 1 is 1.12 bits per heavy atom. The number of urea groups is 1. The number of aliphatic hydroxyl groups excluding tert-OH is 1. The molecule has 3 rings (SSSR count). The van der Waals surface area contributed by atoms with Gasteiger partial charge in [-0.3, -0.25) is 0 Å². The molecule has 1 fully saturated rings. The summed E-state index contributed by atoms with van der Waals surface area (Å²) in [7, 11) is 1.58. The number of para-hydroxylation sites is 2. The van der Waals surface area contributed by atoms with Gasteiger partial charge in [0.15, 0.2) is 0 Å². The summed E-state index contributed by atoms with van der Waals surface area (Å²) in [5.41, 5.74) is 1.61. The van der Waals surface area contributed by atoms with Crippen molar-refractivity contribution in [2.45, 2.75) is 18.9 Å². The highest BCUT2D eigenvalue weighted by Crippen LogP contribution is 2.31. The number of ether oxygens (including phenoxy) is 1. The second kappa shape index (κ2) is 8.03. The fourth-order valence-electron chi connectivity index (χ4n) is 3.28. The van der Waals surface area contributed by atoms with Gasteiger partial charge in [-0.2, -0.15) is 0 Å². The number of hydrogen-bond acceptors (Lipinski definition) is 3. The molecule has 2 amide bonds. The van der Waals surface area contributed by atoms with E-state index in [1.165, 1.54) is 0 Å². The van der Waals surface area contributed by atoms with Gasteiger partial charge >= 0.3 is 6.03 Å². The fourth-order valence-corrected chi connectivity index (χ4v) is 3.28. The number of nitrogens with zero attached hydrogens (tertiary/aromatic N) is 1. The molecule has 2 aromatic carbocycles. The number of rotatable bonds is 4. The second-order valence-corrected chi connectivity index (χ2v) is 6.31. The van der Waals surface area contributed by atoms with Gasteiger partial charge in [-0.15, -0.1) is 0 Å². The molecular weight excluding hydrogens is 316 g/mol. The average molecular weight is 340 g/mol. The number of benzene rings is 2. The normalized spacial score (nSPS) is 16.3. The van der Waals surface area contributed by atoms with Crippen molar-refractivity contribution in [3.63, 3.8) is 0 Å². The Morgan fingerprint density at radius 3 is 2.44 bits per heavy atom. The topological polar surface area (TPSA) is 61.8 Å². The highest BCUT2D eigenvalue weighted by Gasteiger charge is 2.28. The molecule has 0 bridgehead atoms. The minimum Gasteiger partial charge on any atom is -0.495 e. The molecule has 0 unspecified atom stereocenters. The Bertz CT molecular complexity index is 697. The molecule has 132 valence electrons. The summed E-state index contributed by atoms with van der Waals surface area (Å²) in [5.74, 6) is 0.822. The monoisotopic (exact) mass is 340 g/mol. The van der Waals surface area contributed by atoms with E-state index in [0.29, 0.717) is 24.5 Å². The van der Waals surface area contributed by atoms with Crippen LogP contribution in [0.25, 0.3) is 0 Å². The van der Waals surface area contributed by atoms with Gasteiger partial charge in [0, 0.05) is 13.1 Å². The number of carbonyl (C=O) groups is 1. The molecule has 0 saturated carbocycles. The molecule has 0 aliphatic carbocycles. The Kier molecular flexibility index (Phi) is 5.56. The van der Waals surface area contributed by atoms with Crippen LogP contribution in [-0.2, 0) is 0 Å². The van der Waals surface area contributed by atoms with E-state index in [1.807, 2.05) is 54.6 Å². The highest BCUT2D eigenvalue weighted by molar-refractivity contribution is 5.91. The van der Waals surface area contributed by atoms with Gasteiger partial charge in [0.25, 0.3) is 0 Å². The Hall–Kier alpha value is -2.53. The first-order valence-electron chi connectivity index (χ1n) is 8.61. The van der Waals surface area contributed by atoms with Gasteiger partial charge in [-0.05, 0) is 36.5 Å². The van der Waals surface area contributed by atoms with E-state index in [1.54, 1.807) is 12.0 Å². The van der Waals surface area contributed by atoms with Gasteiger partial charge < -0.3 is 20.1 Å². The first-order valence-corrected chi connectivity index (χ1v) is 8.61. The molecule has 2 aromatic rings. The van der Waals surface area contributed by atoms with Gasteiger partial charge in [0.2, 0.25) is 0 Å². The maximum atomic E-state index is 12.5. The van der Waals surface area contributed by atoms with Crippen LogP contribution < -0.4 is 10.1 Å². The van der Waals surface area contributed by atoms with E-state index in [2.05, 4.69) is 5.32 Å². The smallest absolute Gasteiger partial charge is 0.321 e. The molecule has 0 aromatic heterocycles. The van der Waals surface area contributed by atoms with Crippen molar-refractivity contribution in [2.75, 3.05) is 25.5 Å². The van der Waals surface area contributed by atoms with Crippen LogP contribution in [0.5, 0.6) is 5.75 Å². The van der Waals surface area contributed by atoms with Crippen molar-refractivity contribution in [1.82, 2.24) is 4.90 Å². The Morgan fingerprint density at radius 2 is 1.76 bits per heavy atom. The van der Waals surface area contributed by atoms with Gasteiger partial charge in [-0.1, -0.05) is 42.5 Å². The highest BCUT2D eigenvalue weighted by atomic mass is 16.5. The molecule has 0 radical (unpaired) electrons. The van der Waals surface area contributed by atoms with Crippen molar-refractivity contribution >= 4 is 11.7 Å². The van der Waals surface area contributed by atoms with Crippen molar-refractivity contribution in [1.29, 1.82) is 0 Å². The number of anilines is 1. The lowest BCUT2D eigenvalue weighted by molar-refractivity contribution is 0.0683. The van der Waals surface area contributed by atoms with Crippen LogP contribution in [-0.4, -0.2) is 36.2 Å². The number of methoxy groups -OCH3 is 1. The number of likely N-dealkylation sites (tertiary alicyclic amines) is 1. The summed E-state index contributed by atoms with van der Waals surface area (Å²) >= 11 is 0. The van der Waals surface area contributed by atoms with Crippen molar-refractivity contribution in [2.24, 2.45) is 5.92 Å². The lowest BCUT2D eigenvalue weighted by Crippen LogP contribution is -2.42. The van der Waals surface area contributed by atoms with E-state index in [9.17, 15) is 9.90 Å². The zero-order valence-corrected chi connectivity index (χ0v) is 14.4. The first kappa shape index (κ1) is 17.3. The average Bonchev–Trinajstić information content (AvgIpc) is 2.68. The van der Waals surface area contributed by atoms with Crippen LogP contribution >= 0.6 is 0 Å². The standard InChI is InChI=1S/C20H24N2O3/c1-25-18-10-6-5-9-17(18)21-20(24)22-13-11-16(12-14-22)19(23)15-7-3-2-4-8-15/h2-10,16,19,23H,11-14H2,1H3,(H,21,24)/t19-/m1/s1.